The lowest BCUT2D eigenvalue weighted by atomic mass is 10.1. The smallest absolute Gasteiger partial charge is 0.245 e. The van der Waals surface area contributed by atoms with Crippen LogP contribution in [0, 0.1) is 0 Å². The lowest BCUT2D eigenvalue weighted by Crippen LogP contribution is -2.40. The minimum atomic E-state index is -0.274. The maximum absolute atomic E-state index is 12.9. The number of H-pyrrole nitrogens is 1. The zero-order valence-corrected chi connectivity index (χ0v) is 15.1. The van der Waals surface area contributed by atoms with Gasteiger partial charge in [-0.2, -0.15) is 5.10 Å². The summed E-state index contributed by atoms with van der Waals surface area (Å²) < 4.78 is 5.24. The quantitative estimate of drug-likeness (QED) is 0.812. The van der Waals surface area contributed by atoms with Crippen LogP contribution in [0.3, 0.4) is 0 Å². The van der Waals surface area contributed by atoms with Crippen molar-refractivity contribution in [2.24, 2.45) is 0 Å². The Morgan fingerprint density at radius 1 is 1.44 bits per heavy atom. The zero-order chi connectivity index (χ0) is 17.8. The predicted octanol–water partition coefficient (Wildman–Crippen LogP) is 2.76. The zero-order valence-electron chi connectivity index (χ0n) is 15.1. The maximum Gasteiger partial charge on any atom is 0.245 e. The van der Waals surface area contributed by atoms with Gasteiger partial charge in [-0.05, 0) is 43.4 Å². The number of benzene rings is 1. The molecule has 0 fully saturated rings. The number of aromatic amines is 1. The Balaban J connectivity index is 1.66. The van der Waals surface area contributed by atoms with Crippen LogP contribution >= 0.6 is 0 Å². The topological polar surface area (TPSA) is 70.2 Å². The number of carbonyl (C=O) groups is 1. The summed E-state index contributed by atoms with van der Waals surface area (Å²) in [4.78, 5) is 14.6. The van der Waals surface area contributed by atoms with E-state index in [-0.39, 0.29) is 11.9 Å². The number of amides is 1. The Labute approximate surface area is 148 Å². The molecule has 25 heavy (non-hydrogen) atoms. The molecule has 1 aliphatic carbocycles. The Kier molecular flexibility index (Phi) is 5.26. The fraction of sp³-hybridized carbons (Fsp3) is 0.474. The number of nitrogens with one attached hydrogen (secondary N) is 2. The van der Waals surface area contributed by atoms with E-state index in [4.69, 9.17) is 4.74 Å². The highest BCUT2D eigenvalue weighted by Crippen LogP contribution is 2.24. The minimum Gasteiger partial charge on any atom is -0.497 e. The first-order valence-corrected chi connectivity index (χ1v) is 8.83. The Morgan fingerprint density at radius 3 is 3.04 bits per heavy atom. The second-order valence-corrected chi connectivity index (χ2v) is 6.51. The molecule has 0 unspecified atom stereocenters. The molecule has 1 aliphatic rings. The summed E-state index contributed by atoms with van der Waals surface area (Å²) in [6, 6.07) is 7.37. The molecule has 0 spiro atoms. The first-order valence-electron chi connectivity index (χ1n) is 8.83. The summed E-state index contributed by atoms with van der Waals surface area (Å²) in [6.45, 7) is 2.55. The number of methoxy groups -OCH3 is 1. The van der Waals surface area contributed by atoms with Gasteiger partial charge >= 0.3 is 0 Å². The lowest BCUT2D eigenvalue weighted by molar-refractivity contribution is -0.131. The molecule has 1 heterocycles. The molecule has 0 bridgehead atoms. The molecule has 1 atom stereocenters. The van der Waals surface area contributed by atoms with E-state index >= 15 is 0 Å². The van der Waals surface area contributed by atoms with Crippen molar-refractivity contribution in [1.29, 1.82) is 0 Å². The molecule has 0 saturated heterocycles. The molecule has 3 rings (SSSR count). The summed E-state index contributed by atoms with van der Waals surface area (Å²) in [5.41, 5.74) is 4.42. The number of rotatable bonds is 7. The number of hydrogen-bond donors (Lipinski definition) is 2. The standard InChI is InChI=1S/C19H26N4O2/c1-4-16(20-13-7-5-8-14(11-13)25-3)19(24)23(2)12-18-15-9-6-10-17(15)21-22-18/h5,7-8,11,16,20H,4,6,9-10,12H2,1-3H3,(H,21,22)/t16-/m1/s1. The van der Waals surface area contributed by atoms with Crippen molar-refractivity contribution in [3.8, 4) is 5.75 Å². The van der Waals surface area contributed by atoms with E-state index in [1.165, 1.54) is 17.7 Å². The molecule has 0 aliphatic heterocycles. The monoisotopic (exact) mass is 342 g/mol. The fourth-order valence-corrected chi connectivity index (χ4v) is 3.34. The van der Waals surface area contributed by atoms with E-state index in [0.717, 1.165) is 30.0 Å². The molecule has 0 radical (unpaired) electrons. The number of aryl methyl sites for hydroxylation is 1. The Morgan fingerprint density at radius 2 is 2.28 bits per heavy atom. The third kappa shape index (κ3) is 3.78. The molecule has 1 aromatic heterocycles. The molecule has 0 saturated carbocycles. The van der Waals surface area contributed by atoms with Gasteiger partial charge in [-0.1, -0.05) is 13.0 Å². The molecule has 2 aromatic rings. The largest absolute Gasteiger partial charge is 0.497 e. The number of nitrogens with zero attached hydrogens (tertiary/aromatic N) is 2. The number of ether oxygens (including phenoxy) is 1. The average molecular weight is 342 g/mol. The average Bonchev–Trinajstić information content (AvgIpc) is 3.24. The number of hydrogen-bond acceptors (Lipinski definition) is 4. The molecule has 6 heteroatoms. The van der Waals surface area contributed by atoms with Gasteiger partial charge < -0.3 is 15.0 Å². The third-order valence-electron chi connectivity index (χ3n) is 4.77. The highest BCUT2D eigenvalue weighted by atomic mass is 16.5. The van der Waals surface area contributed by atoms with Gasteiger partial charge in [0, 0.05) is 24.5 Å². The molecular formula is C19H26N4O2. The number of aromatic nitrogens is 2. The van der Waals surface area contributed by atoms with Crippen LogP contribution in [0.1, 0.15) is 36.7 Å². The molecule has 134 valence electrons. The van der Waals surface area contributed by atoms with E-state index < -0.39 is 0 Å². The van der Waals surface area contributed by atoms with E-state index in [1.54, 1.807) is 12.0 Å². The van der Waals surface area contributed by atoms with Gasteiger partial charge in [0.1, 0.15) is 11.8 Å². The second-order valence-electron chi connectivity index (χ2n) is 6.51. The summed E-state index contributed by atoms with van der Waals surface area (Å²) in [5.74, 6) is 0.841. The van der Waals surface area contributed by atoms with Gasteiger partial charge in [-0.3, -0.25) is 9.89 Å². The van der Waals surface area contributed by atoms with Gasteiger partial charge in [-0.25, -0.2) is 0 Å². The fourth-order valence-electron chi connectivity index (χ4n) is 3.34. The molecule has 1 amide bonds. The van der Waals surface area contributed by atoms with E-state index in [2.05, 4.69) is 15.5 Å². The maximum atomic E-state index is 12.9. The molecule has 2 N–H and O–H groups in total. The number of carbonyl (C=O) groups excluding carboxylic acids is 1. The van der Waals surface area contributed by atoms with E-state index in [0.29, 0.717) is 13.0 Å². The second kappa shape index (κ2) is 7.59. The van der Waals surface area contributed by atoms with E-state index in [9.17, 15) is 4.79 Å². The van der Waals surface area contributed by atoms with Crippen LogP contribution in [0.25, 0.3) is 0 Å². The highest BCUT2D eigenvalue weighted by Gasteiger charge is 2.24. The van der Waals surface area contributed by atoms with Gasteiger partial charge in [0.2, 0.25) is 5.91 Å². The number of anilines is 1. The molecule has 6 nitrogen and oxygen atoms in total. The van der Waals surface area contributed by atoms with Crippen molar-refractivity contribution < 1.29 is 9.53 Å². The number of likely N-dealkylation sites (N-methyl/N-ethyl adjacent to an activating group) is 1. The third-order valence-corrected chi connectivity index (χ3v) is 4.77. The molecular weight excluding hydrogens is 316 g/mol. The van der Waals surface area contributed by atoms with Crippen molar-refractivity contribution >= 4 is 11.6 Å². The van der Waals surface area contributed by atoms with Gasteiger partial charge in [-0.15, -0.1) is 0 Å². The lowest BCUT2D eigenvalue weighted by Gasteiger charge is -2.24. The van der Waals surface area contributed by atoms with Crippen LogP contribution in [-0.2, 0) is 24.2 Å². The summed E-state index contributed by atoms with van der Waals surface area (Å²) in [6.07, 6.45) is 4.00. The van der Waals surface area contributed by atoms with Crippen LogP contribution in [0.2, 0.25) is 0 Å². The van der Waals surface area contributed by atoms with Crippen LogP contribution < -0.4 is 10.1 Å². The summed E-state index contributed by atoms with van der Waals surface area (Å²) >= 11 is 0. The SMILES string of the molecule is CC[C@@H](Nc1cccc(OC)c1)C(=O)N(C)Cc1n[nH]c2c1CCC2. The van der Waals surface area contributed by atoms with Gasteiger partial charge in [0.25, 0.3) is 0 Å². The van der Waals surface area contributed by atoms with Crippen LogP contribution in [0.4, 0.5) is 5.69 Å². The van der Waals surface area contributed by atoms with Crippen molar-refractivity contribution in [3.05, 3.63) is 41.2 Å². The van der Waals surface area contributed by atoms with Crippen molar-refractivity contribution in [2.75, 3.05) is 19.5 Å². The van der Waals surface area contributed by atoms with Crippen LogP contribution in [-0.4, -0.2) is 41.2 Å². The first-order chi connectivity index (χ1) is 12.1. The van der Waals surface area contributed by atoms with Crippen molar-refractivity contribution in [3.63, 3.8) is 0 Å². The number of fused-ring (bicyclic) bond motifs is 1. The van der Waals surface area contributed by atoms with Gasteiger partial charge in [0.05, 0.1) is 19.3 Å². The Bertz CT molecular complexity index is 741. The van der Waals surface area contributed by atoms with Crippen molar-refractivity contribution in [2.45, 2.75) is 45.2 Å². The van der Waals surface area contributed by atoms with Crippen molar-refractivity contribution in [1.82, 2.24) is 15.1 Å². The summed E-state index contributed by atoms with van der Waals surface area (Å²) in [5, 5.41) is 10.8. The summed E-state index contributed by atoms with van der Waals surface area (Å²) in [7, 11) is 3.48. The first kappa shape index (κ1) is 17.3. The predicted molar refractivity (Wildman–Crippen MR) is 97.8 cm³/mol. The van der Waals surface area contributed by atoms with E-state index in [1.807, 2.05) is 38.2 Å². The minimum absolute atomic E-state index is 0.0695. The van der Waals surface area contributed by atoms with Gasteiger partial charge in [0.15, 0.2) is 0 Å². The molecule has 1 aromatic carbocycles. The van der Waals surface area contributed by atoms with Crippen LogP contribution in [0.15, 0.2) is 24.3 Å². The Hall–Kier alpha value is -2.50. The van der Waals surface area contributed by atoms with Crippen LogP contribution in [0.5, 0.6) is 5.75 Å². The highest BCUT2D eigenvalue weighted by molar-refractivity contribution is 5.84. The normalized spacial score (nSPS) is 14.0.